The van der Waals surface area contributed by atoms with E-state index in [4.69, 9.17) is 0 Å². The molecule has 0 radical (unpaired) electrons. The Hall–Kier alpha value is -1.82. The first kappa shape index (κ1) is 18.5. The van der Waals surface area contributed by atoms with Gasteiger partial charge in [-0.05, 0) is 48.1 Å². The van der Waals surface area contributed by atoms with Crippen molar-refractivity contribution < 1.29 is 13.9 Å². The highest BCUT2D eigenvalue weighted by atomic mass is 19.2. The molecule has 2 aromatic carbocycles. The van der Waals surface area contributed by atoms with Gasteiger partial charge in [0.05, 0.1) is 0 Å². The Labute approximate surface area is 159 Å². The SMILES string of the molecule is OCCC1CN(C2Cc3ccccc3C2)CCN1Cc1ccc(F)c(F)c1. The van der Waals surface area contributed by atoms with Crippen LogP contribution in [0.5, 0.6) is 0 Å². The van der Waals surface area contributed by atoms with E-state index in [1.54, 1.807) is 6.07 Å². The highest BCUT2D eigenvalue weighted by molar-refractivity contribution is 5.33. The fourth-order valence-corrected chi connectivity index (χ4v) is 4.55. The maximum Gasteiger partial charge on any atom is 0.159 e. The van der Waals surface area contributed by atoms with E-state index in [1.165, 1.54) is 23.3 Å². The molecule has 1 fully saturated rings. The van der Waals surface area contributed by atoms with Gasteiger partial charge >= 0.3 is 0 Å². The molecule has 1 unspecified atom stereocenters. The summed E-state index contributed by atoms with van der Waals surface area (Å²) in [6.45, 7) is 3.46. The molecule has 1 aliphatic heterocycles. The topological polar surface area (TPSA) is 26.7 Å². The molecule has 1 saturated heterocycles. The van der Waals surface area contributed by atoms with Crippen LogP contribution in [-0.4, -0.2) is 53.2 Å². The molecule has 2 aromatic rings. The van der Waals surface area contributed by atoms with Crippen LogP contribution in [-0.2, 0) is 19.4 Å². The first-order valence-electron chi connectivity index (χ1n) is 9.73. The van der Waals surface area contributed by atoms with E-state index in [0.717, 1.165) is 38.0 Å². The van der Waals surface area contributed by atoms with E-state index in [1.807, 2.05) is 0 Å². The Morgan fingerprint density at radius 2 is 1.70 bits per heavy atom. The van der Waals surface area contributed by atoms with E-state index in [2.05, 4.69) is 34.1 Å². The fourth-order valence-electron chi connectivity index (χ4n) is 4.55. The molecule has 4 rings (SSSR count). The van der Waals surface area contributed by atoms with Crippen molar-refractivity contribution in [2.24, 2.45) is 0 Å². The molecule has 0 aromatic heterocycles. The number of hydrogen-bond acceptors (Lipinski definition) is 3. The molecule has 0 spiro atoms. The fraction of sp³-hybridized carbons (Fsp3) is 0.455. The van der Waals surface area contributed by atoms with Crippen molar-refractivity contribution in [1.29, 1.82) is 0 Å². The highest BCUT2D eigenvalue weighted by Crippen LogP contribution is 2.28. The van der Waals surface area contributed by atoms with Gasteiger partial charge in [0.1, 0.15) is 0 Å². The molecule has 3 nitrogen and oxygen atoms in total. The number of rotatable bonds is 5. The summed E-state index contributed by atoms with van der Waals surface area (Å²) in [6.07, 6.45) is 2.87. The van der Waals surface area contributed by atoms with Gasteiger partial charge in [0.2, 0.25) is 0 Å². The largest absolute Gasteiger partial charge is 0.396 e. The van der Waals surface area contributed by atoms with Gasteiger partial charge in [-0.2, -0.15) is 0 Å². The van der Waals surface area contributed by atoms with Crippen molar-refractivity contribution in [3.05, 3.63) is 70.8 Å². The lowest BCUT2D eigenvalue weighted by molar-refractivity contribution is 0.0333. The second-order valence-corrected chi connectivity index (χ2v) is 7.71. The number of benzene rings is 2. The van der Waals surface area contributed by atoms with Gasteiger partial charge in [-0.3, -0.25) is 9.80 Å². The molecule has 0 bridgehead atoms. The average Bonchev–Trinajstić information content (AvgIpc) is 3.10. The minimum atomic E-state index is -0.809. The lowest BCUT2D eigenvalue weighted by Gasteiger charge is -2.44. The molecule has 0 saturated carbocycles. The summed E-state index contributed by atoms with van der Waals surface area (Å²) >= 11 is 0. The van der Waals surface area contributed by atoms with Crippen LogP contribution in [0, 0.1) is 11.6 Å². The van der Waals surface area contributed by atoms with Crippen LogP contribution < -0.4 is 0 Å². The first-order valence-corrected chi connectivity index (χ1v) is 9.73. The zero-order chi connectivity index (χ0) is 18.8. The second kappa shape index (κ2) is 8.05. The number of nitrogens with zero attached hydrogens (tertiary/aromatic N) is 2. The third-order valence-electron chi connectivity index (χ3n) is 6.01. The van der Waals surface area contributed by atoms with Gasteiger partial charge in [0, 0.05) is 44.9 Å². The quantitative estimate of drug-likeness (QED) is 0.874. The molecule has 1 N–H and O–H groups in total. The maximum atomic E-state index is 13.5. The zero-order valence-corrected chi connectivity index (χ0v) is 15.5. The van der Waals surface area contributed by atoms with E-state index < -0.39 is 11.6 Å². The Kier molecular flexibility index (Phi) is 5.53. The van der Waals surface area contributed by atoms with Gasteiger partial charge in [0.25, 0.3) is 0 Å². The smallest absolute Gasteiger partial charge is 0.159 e. The lowest BCUT2D eigenvalue weighted by atomic mass is 10.0. The van der Waals surface area contributed by atoms with Crippen LogP contribution >= 0.6 is 0 Å². The summed E-state index contributed by atoms with van der Waals surface area (Å²) in [7, 11) is 0. The van der Waals surface area contributed by atoms with Crippen molar-refractivity contribution in [3.63, 3.8) is 0 Å². The van der Waals surface area contributed by atoms with Crippen LogP contribution in [0.15, 0.2) is 42.5 Å². The second-order valence-electron chi connectivity index (χ2n) is 7.71. The van der Waals surface area contributed by atoms with E-state index in [9.17, 15) is 13.9 Å². The standard InChI is InChI=1S/C22H26F2N2O/c23-21-6-5-16(11-22(21)24)14-25-8-9-26(15-19(25)7-10-27)20-12-17-3-1-2-4-18(17)13-20/h1-6,11,19-20,27H,7-10,12-15H2. The summed E-state index contributed by atoms with van der Waals surface area (Å²) in [5.41, 5.74) is 3.68. The van der Waals surface area contributed by atoms with Gasteiger partial charge in [-0.1, -0.05) is 30.3 Å². The number of hydrogen-bond donors (Lipinski definition) is 1. The number of aliphatic hydroxyl groups excluding tert-OH is 1. The minimum Gasteiger partial charge on any atom is -0.396 e. The van der Waals surface area contributed by atoms with Crippen LogP contribution in [0.1, 0.15) is 23.1 Å². The van der Waals surface area contributed by atoms with Crippen molar-refractivity contribution in [3.8, 4) is 0 Å². The van der Waals surface area contributed by atoms with Crippen LogP contribution in [0.25, 0.3) is 0 Å². The van der Waals surface area contributed by atoms with Crippen LogP contribution in [0.4, 0.5) is 8.78 Å². The summed E-state index contributed by atoms with van der Waals surface area (Å²) < 4.78 is 26.7. The number of piperazine rings is 1. The van der Waals surface area contributed by atoms with Crippen LogP contribution in [0.2, 0.25) is 0 Å². The molecular weight excluding hydrogens is 346 g/mol. The Bertz CT molecular complexity index is 773. The van der Waals surface area contributed by atoms with Crippen molar-refractivity contribution in [2.45, 2.75) is 37.9 Å². The van der Waals surface area contributed by atoms with Crippen molar-refractivity contribution in [1.82, 2.24) is 9.80 Å². The molecule has 0 amide bonds. The average molecular weight is 372 g/mol. The normalized spacial score (nSPS) is 21.5. The van der Waals surface area contributed by atoms with Crippen LogP contribution in [0.3, 0.4) is 0 Å². The van der Waals surface area contributed by atoms with E-state index in [-0.39, 0.29) is 12.6 Å². The Balaban J connectivity index is 1.42. The highest BCUT2D eigenvalue weighted by Gasteiger charge is 2.33. The lowest BCUT2D eigenvalue weighted by Crippen LogP contribution is -2.56. The number of aliphatic hydroxyl groups is 1. The molecule has 144 valence electrons. The number of halogens is 2. The Morgan fingerprint density at radius 1 is 0.963 bits per heavy atom. The summed E-state index contributed by atoms with van der Waals surface area (Å²) in [6, 6.07) is 13.5. The third-order valence-corrected chi connectivity index (χ3v) is 6.01. The predicted molar refractivity (Wildman–Crippen MR) is 101 cm³/mol. The van der Waals surface area contributed by atoms with Gasteiger partial charge in [-0.25, -0.2) is 8.78 Å². The van der Waals surface area contributed by atoms with E-state index in [0.29, 0.717) is 19.0 Å². The summed E-state index contributed by atoms with van der Waals surface area (Å²) in [5, 5.41) is 9.52. The van der Waals surface area contributed by atoms with E-state index >= 15 is 0 Å². The molecular formula is C22H26F2N2O. The van der Waals surface area contributed by atoms with Gasteiger partial charge in [-0.15, -0.1) is 0 Å². The predicted octanol–water partition coefficient (Wildman–Crippen LogP) is 3.00. The minimum absolute atomic E-state index is 0.137. The molecule has 5 heteroatoms. The maximum absolute atomic E-state index is 13.5. The molecule has 1 heterocycles. The summed E-state index contributed by atoms with van der Waals surface area (Å²) in [4.78, 5) is 4.84. The Morgan fingerprint density at radius 3 is 2.37 bits per heavy atom. The molecule has 1 aliphatic carbocycles. The summed E-state index contributed by atoms with van der Waals surface area (Å²) in [5.74, 6) is -1.61. The first-order chi connectivity index (χ1) is 13.1. The zero-order valence-electron chi connectivity index (χ0n) is 15.5. The third kappa shape index (κ3) is 4.05. The number of fused-ring (bicyclic) bond motifs is 1. The van der Waals surface area contributed by atoms with Gasteiger partial charge < -0.3 is 5.11 Å². The molecule has 2 aliphatic rings. The molecule has 27 heavy (non-hydrogen) atoms. The van der Waals surface area contributed by atoms with Crippen molar-refractivity contribution >= 4 is 0 Å². The van der Waals surface area contributed by atoms with Crippen molar-refractivity contribution in [2.75, 3.05) is 26.2 Å². The molecule has 1 atom stereocenters. The monoisotopic (exact) mass is 372 g/mol. The van der Waals surface area contributed by atoms with Gasteiger partial charge in [0.15, 0.2) is 11.6 Å².